The SMILES string of the molecule is C=C(CC)CCC[C@H](NC(=C)C1Cc2cc(C)ccc2N1)C(=C)N[C@H](C(=C)NC(CCNC)C(=C)NCC(=O)CCc1c(C)c(C)cc(F)c1F)[C@@H](C)OCc1ccccc1. The molecule has 4 rings (SSSR count). The number of nitrogens with one attached hydrogen (secondary N) is 6. The van der Waals surface area contributed by atoms with Gasteiger partial charge in [0.15, 0.2) is 17.4 Å². The molecular formula is C51H70F2N6O2. The summed E-state index contributed by atoms with van der Waals surface area (Å²) in [6.07, 6.45) is 4.89. The molecule has 0 radical (unpaired) electrons. The molecule has 0 saturated carbocycles. The topological polar surface area (TPSA) is 98.5 Å². The highest BCUT2D eigenvalue weighted by Gasteiger charge is 2.29. The second kappa shape index (κ2) is 23.7. The average molecular weight is 837 g/mol. The lowest BCUT2D eigenvalue weighted by molar-refractivity contribution is -0.118. The van der Waals surface area contributed by atoms with E-state index in [1.807, 2.05) is 44.3 Å². The summed E-state index contributed by atoms with van der Waals surface area (Å²) in [5.41, 5.74) is 10.4. The highest BCUT2D eigenvalue weighted by molar-refractivity contribution is 5.81. The summed E-state index contributed by atoms with van der Waals surface area (Å²) >= 11 is 0. The van der Waals surface area contributed by atoms with Crippen LogP contribution in [-0.2, 0) is 29.0 Å². The van der Waals surface area contributed by atoms with Crippen LogP contribution >= 0.6 is 0 Å². The Hall–Kier alpha value is -5.19. The molecule has 10 heteroatoms. The molecule has 0 amide bonds. The van der Waals surface area contributed by atoms with Crippen LogP contribution in [0.2, 0.25) is 0 Å². The van der Waals surface area contributed by atoms with Gasteiger partial charge in [0.2, 0.25) is 0 Å². The van der Waals surface area contributed by atoms with Gasteiger partial charge in [-0.25, -0.2) is 8.78 Å². The number of Topliss-reactive ketones (excluding diaryl/α,β-unsaturated/α-hetero) is 1. The van der Waals surface area contributed by atoms with Crippen LogP contribution in [0.1, 0.15) is 85.8 Å². The van der Waals surface area contributed by atoms with E-state index < -0.39 is 17.7 Å². The van der Waals surface area contributed by atoms with E-state index in [-0.39, 0.29) is 55.0 Å². The number of ether oxygens (including phenoxy) is 1. The molecule has 3 aromatic rings. The standard InChI is InChI=1S/C51H70F2N6O2/c1-12-32(2)17-16-20-46(56-38(8)49-29-42-27-33(3)21-24-48(42)59-49)37(7)58-51(40(10)61-31-41-18-14-13-15-19-41)39(9)57-47(25-26-54-11)36(6)55-30-43(60)22-23-44-35(5)34(4)28-45(52)50(44)53/h13-15,18-19,21,24,27-28,40,46-47,49,51,54-59H,2,6-9,12,16-17,20,22-23,25-26,29-31H2,1,3-5,10-11H3/t40-,46+,47?,49?,51-/m1/s1. The number of rotatable bonds is 28. The van der Waals surface area contributed by atoms with Gasteiger partial charge in [-0.3, -0.25) is 4.79 Å². The Labute approximate surface area is 364 Å². The molecule has 1 aliphatic rings. The van der Waals surface area contributed by atoms with Crippen LogP contribution in [0.4, 0.5) is 14.5 Å². The smallest absolute Gasteiger partial charge is 0.162 e. The van der Waals surface area contributed by atoms with E-state index in [1.54, 1.807) is 13.8 Å². The third-order valence-electron chi connectivity index (χ3n) is 11.8. The first-order valence-corrected chi connectivity index (χ1v) is 21.7. The number of fused-ring (bicyclic) bond motifs is 1. The Morgan fingerprint density at radius 1 is 0.902 bits per heavy atom. The number of hydrogen-bond donors (Lipinski definition) is 6. The molecule has 1 heterocycles. The Kier molecular flexibility index (Phi) is 18.8. The summed E-state index contributed by atoms with van der Waals surface area (Å²) in [6.45, 7) is 33.0. The van der Waals surface area contributed by atoms with Crippen molar-refractivity contribution in [1.29, 1.82) is 0 Å². The zero-order valence-electron chi connectivity index (χ0n) is 37.5. The first-order chi connectivity index (χ1) is 29.1. The number of carbonyl (C=O) groups excluding carboxylic acids is 1. The minimum Gasteiger partial charge on any atom is -0.380 e. The second-order valence-corrected chi connectivity index (χ2v) is 16.6. The molecule has 0 aliphatic carbocycles. The molecule has 0 saturated heterocycles. The van der Waals surface area contributed by atoms with Gasteiger partial charge in [-0.1, -0.05) is 93.4 Å². The first-order valence-electron chi connectivity index (χ1n) is 21.7. The highest BCUT2D eigenvalue weighted by atomic mass is 19.2. The van der Waals surface area contributed by atoms with Gasteiger partial charge in [0.1, 0.15) is 0 Å². The summed E-state index contributed by atoms with van der Waals surface area (Å²) in [4.78, 5) is 13.1. The van der Waals surface area contributed by atoms with Crippen LogP contribution in [0.3, 0.4) is 0 Å². The molecule has 1 aliphatic heterocycles. The van der Waals surface area contributed by atoms with Gasteiger partial charge < -0.3 is 36.6 Å². The van der Waals surface area contributed by atoms with Crippen molar-refractivity contribution in [1.82, 2.24) is 26.6 Å². The van der Waals surface area contributed by atoms with Crippen molar-refractivity contribution in [2.45, 2.75) is 123 Å². The van der Waals surface area contributed by atoms with Crippen molar-refractivity contribution < 1.29 is 18.3 Å². The van der Waals surface area contributed by atoms with Gasteiger partial charge in [0.05, 0.1) is 43.4 Å². The minimum absolute atomic E-state index is 0.00465. The Morgan fingerprint density at radius 2 is 1.62 bits per heavy atom. The van der Waals surface area contributed by atoms with Crippen LogP contribution in [0, 0.1) is 32.4 Å². The van der Waals surface area contributed by atoms with Crippen LogP contribution in [-0.4, -0.2) is 56.2 Å². The van der Waals surface area contributed by atoms with E-state index in [4.69, 9.17) is 4.74 Å². The molecule has 0 aromatic heterocycles. The molecule has 3 aromatic carbocycles. The largest absolute Gasteiger partial charge is 0.380 e. The molecule has 0 fully saturated rings. The molecule has 5 atom stereocenters. The van der Waals surface area contributed by atoms with Gasteiger partial charge in [0.25, 0.3) is 0 Å². The molecular weight excluding hydrogens is 767 g/mol. The monoisotopic (exact) mass is 837 g/mol. The van der Waals surface area contributed by atoms with Gasteiger partial charge >= 0.3 is 0 Å². The lowest BCUT2D eigenvalue weighted by atomic mass is 9.97. The van der Waals surface area contributed by atoms with Crippen LogP contribution in [0.25, 0.3) is 0 Å². The number of allylic oxidation sites excluding steroid dienone is 1. The summed E-state index contributed by atoms with van der Waals surface area (Å²) in [6, 6.07) is 16.9. The molecule has 0 bridgehead atoms. The maximum Gasteiger partial charge on any atom is 0.162 e. The molecule has 330 valence electrons. The average Bonchev–Trinajstić information content (AvgIpc) is 3.67. The van der Waals surface area contributed by atoms with E-state index in [0.29, 0.717) is 42.1 Å². The van der Waals surface area contributed by atoms with Crippen LogP contribution in [0.5, 0.6) is 0 Å². The molecule has 0 spiro atoms. The summed E-state index contributed by atoms with van der Waals surface area (Å²) < 4.78 is 35.3. The van der Waals surface area contributed by atoms with Gasteiger partial charge in [0, 0.05) is 41.3 Å². The van der Waals surface area contributed by atoms with Gasteiger partial charge in [-0.05, 0) is 120 Å². The number of hydrogen-bond acceptors (Lipinski definition) is 8. The predicted molar refractivity (Wildman–Crippen MR) is 249 cm³/mol. The summed E-state index contributed by atoms with van der Waals surface area (Å²) in [5, 5.41) is 21.1. The molecule has 2 unspecified atom stereocenters. The Morgan fingerprint density at radius 3 is 2.33 bits per heavy atom. The van der Waals surface area contributed by atoms with Crippen LogP contribution < -0.4 is 31.9 Å². The van der Waals surface area contributed by atoms with Gasteiger partial charge in [-0.15, -0.1) is 0 Å². The van der Waals surface area contributed by atoms with Crippen molar-refractivity contribution in [2.24, 2.45) is 0 Å². The quantitative estimate of drug-likeness (QED) is 0.0403. The zero-order valence-corrected chi connectivity index (χ0v) is 37.5. The number of halogens is 2. The molecule has 6 N–H and O–H groups in total. The highest BCUT2D eigenvalue weighted by Crippen LogP contribution is 2.29. The van der Waals surface area contributed by atoms with E-state index >= 15 is 0 Å². The van der Waals surface area contributed by atoms with Crippen molar-refractivity contribution in [3.05, 3.63) is 161 Å². The predicted octanol–water partition coefficient (Wildman–Crippen LogP) is 9.30. The van der Waals surface area contributed by atoms with Crippen molar-refractivity contribution in [3.8, 4) is 0 Å². The maximum atomic E-state index is 14.6. The number of aryl methyl sites for hydroxylation is 2. The molecule has 61 heavy (non-hydrogen) atoms. The summed E-state index contributed by atoms with van der Waals surface area (Å²) in [7, 11) is 1.88. The Bertz CT molecular complexity index is 1990. The summed E-state index contributed by atoms with van der Waals surface area (Å²) in [5.74, 6) is -1.93. The zero-order chi connectivity index (χ0) is 44.6. The third-order valence-corrected chi connectivity index (χ3v) is 11.8. The normalized spacial score (nSPS) is 15.0. The van der Waals surface area contributed by atoms with E-state index in [2.05, 4.69) is 96.8 Å². The maximum absolute atomic E-state index is 14.6. The first kappa shape index (κ1) is 48.5. The second-order valence-electron chi connectivity index (χ2n) is 16.6. The van der Waals surface area contributed by atoms with Crippen molar-refractivity contribution in [3.63, 3.8) is 0 Å². The number of ketones is 1. The van der Waals surface area contributed by atoms with Crippen molar-refractivity contribution in [2.75, 3.05) is 25.5 Å². The number of benzene rings is 3. The number of anilines is 1. The van der Waals surface area contributed by atoms with E-state index in [9.17, 15) is 13.6 Å². The minimum atomic E-state index is -0.898. The lowest BCUT2D eigenvalue weighted by Crippen LogP contribution is -2.50. The fourth-order valence-electron chi connectivity index (χ4n) is 7.61. The lowest BCUT2D eigenvalue weighted by Gasteiger charge is -2.35. The fraction of sp³-hybridized carbons (Fsp3) is 0.431. The molecule has 8 nitrogen and oxygen atoms in total. The van der Waals surface area contributed by atoms with Crippen LogP contribution in [0.15, 0.2) is 116 Å². The third kappa shape index (κ3) is 14.5. The fourth-order valence-corrected chi connectivity index (χ4v) is 7.61. The van der Waals surface area contributed by atoms with E-state index in [0.717, 1.165) is 54.7 Å². The van der Waals surface area contributed by atoms with Gasteiger partial charge in [-0.2, -0.15) is 0 Å². The van der Waals surface area contributed by atoms with E-state index in [1.165, 1.54) is 22.8 Å². The Balaban J connectivity index is 1.49. The number of carbonyl (C=O) groups is 1. The van der Waals surface area contributed by atoms with Crippen molar-refractivity contribution >= 4 is 11.5 Å².